The Kier molecular flexibility index (Phi) is 4.31. The maximum absolute atomic E-state index is 12.0. The van der Waals surface area contributed by atoms with Gasteiger partial charge in [-0.15, -0.1) is 0 Å². The number of esters is 1. The zero-order valence-electron chi connectivity index (χ0n) is 10.7. The molecule has 7 nitrogen and oxygen atoms in total. The Balaban J connectivity index is 2.34. The van der Waals surface area contributed by atoms with Crippen molar-refractivity contribution in [1.82, 2.24) is 0 Å². The standard InChI is InChI=1S/C13H10BNO6/c16-13(21-12-4-2-1-3-5-12)9-6-10(14(17)18)8-11(7-9)15(19)20/h1-8,17-18H. The number of carbonyl (C=O) groups is 1. The van der Waals surface area contributed by atoms with Crippen LogP contribution in [-0.2, 0) is 0 Å². The van der Waals surface area contributed by atoms with Crippen LogP contribution in [-0.4, -0.2) is 28.1 Å². The molecule has 0 aliphatic rings. The summed E-state index contributed by atoms with van der Waals surface area (Å²) >= 11 is 0. The Bertz CT molecular complexity index is 674. The third-order valence-electron chi connectivity index (χ3n) is 2.64. The number of benzene rings is 2. The van der Waals surface area contributed by atoms with Gasteiger partial charge >= 0.3 is 13.1 Å². The summed E-state index contributed by atoms with van der Waals surface area (Å²) in [6, 6.07) is 11.3. The van der Waals surface area contributed by atoms with Crippen LogP contribution in [0.15, 0.2) is 48.5 Å². The van der Waals surface area contributed by atoms with Gasteiger partial charge in [0, 0.05) is 12.1 Å². The Labute approximate surface area is 119 Å². The van der Waals surface area contributed by atoms with E-state index in [1.54, 1.807) is 30.3 Å². The lowest BCUT2D eigenvalue weighted by Gasteiger charge is -2.06. The van der Waals surface area contributed by atoms with Crippen LogP contribution in [0.25, 0.3) is 0 Å². The maximum Gasteiger partial charge on any atom is 0.488 e. The Morgan fingerprint density at radius 1 is 1.14 bits per heavy atom. The van der Waals surface area contributed by atoms with Crippen molar-refractivity contribution in [2.24, 2.45) is 0 Å². The van der Waals surface area contributed by atoms with Gasteiger partial charge in [0.2, 0.25) is 0 Å². The highest BCUT2D eigenvalue weighted by atomic mass is 16.6. The molecule has 2 N–H and O–H groups in total. The highest BCUT2D eigenvalue weighted by molar-refractivity contribution is 6.58. The first-order chi connectivity index (χ1) is 9.97. The van der Waals surface area contributed by atoms with Crippen molar-refractivity contribution in [3.05, 3.63) is 64.2 Å². The first-order valence-electron chi connectivity index (χ1n) is 5.90. The molecule has 2 aromatic rings. The fraction of sp³-hybridized carbons (Fsp3) is 0. The minimum atomic E-state index is -1.92. The molecule has 8 heteroatoms. The molecule has 0 unspecified atom stereocenters. The topological polar surface area (TPSA) is 110 Å². The minimum Gasteiger partial charge on any atom is -0.423 e. The molecule has 2 rings (SSSR count). The molecule has 0 radical (unpaired) electrons. The number of non-ortho nitro benzene ring substituents is 1. The van der Waals surface area contributed by atoms with Gasteiger partial charge in [0.05, 0.1) is 10.5 Å². The lowest BCUT2D eigenvalue weighted by atomic mass is 9.79. The molecular formula is C13H10BNO6. The summed E-state index contributed by atoms with van der Waals surface area (Å²) < 4.78 is 5.05. The first kappa shape index (κ1) is 14.7. The second-order valence-corrected chi connectivity index (χ2v) is 4.15. The number of para-hydroxylation sites is 1. The monoisotopic (exact) mass is 287 g/mol. The predicted octanol–water partition coefficient (Wildman–Crippen LogP) is 0.494. The van der Waals surface area contributed by atoms with Gasteiger partial charge in [-0.25, -0.2) is 4.79 Å². The van der Waals surface area contributed by atoms with Gasteiger partial charge in [0.25, 0.3) is 5.69 Å². The Morgan fingerprint density at radius 2 is 1.81 bits per heavy atom. The van der Waals surface area contributed by atoms with E-state index in [1.807, 2.05) is 0 Å². The number of nitro groups is 1. The third kappa shape index (κ3) is 3.65. The second-order valence-electron chi connectivity index (χ2n) is 4.15. The van der Waals surface area contributed by atoms with E-state index in [0.717, 1.165) is 18.2 Å². The van der Waals surface area contributed by atoms with Crippen molar-refractivity contribution in [3.63, 3.8) is 0 Å². The van der Waals surface area contributed by atoms with Crippen molar-refractivity contribution in [3.8, 4) is 5.75 Å². The summed E-state index contributed by atoms with van der Waals surface area (Å²) in [6.07, 6.45) is 0. The van der Waals surface area contributed by atoms with Gasteiger partial charge in [0.1, 0.15) is 5.75 Å². The van der Waals surface area contributed by atoms with Crippen LogP contribution >= 0.6 is 0 Å². The molecule has 0 bridgehead atoms. The number of rotatable bonds is 4. The number of carbonyl (C=O) groups excluding carboxylic acids is 1. The highest BCUT2D eigenvalue weighted by Gasteiger charge is 2.21. The van der Waals surface area contributed by atoms with Gasteiger partial charge in [-0.3, -0.25) is 10.1 Å². The molecule has 0 aromatic heterocycles. The van der Waals surface area contributed by atoms with Crippen molar-refractivity contribution in [1.29, 1.82) is 0 Å². The fourth-order valence-corrected chi connectivity index (χ4v) is 1.66. The minimum absolute atomic E-state index is 0.142. The van der Waals surface area contributed by atoms with Crippen LogP contribution in [0.4, 0.5) is 5.69 Å². The number of hydrogen-bond acceptors (Lipinski definition) is 6. The molecule has 0 aliphatic carbocycles. The van der Waals surface area contributed by atoms with Crippen LogP contribution in [0.2, 0.25) is 0 Å². The van der Waals surface area contributed by atoms with Gasteiger partial charge in [-0.1, -0.05) is 18.2 Å². The summed E-state index contributed by atoms with van der Waals surface area (Å²) in [5.41, 5.74) is -0.735. The SMILES string of the molecule is O=C(Oc1ccccc1)c1cc(B(O)O)cc([N+](=O)[O-])c1. The van der Waals surface area contributed by atoms with Crippen molar-refractivity contribution < 1.29 is 24.5 Å². The molecule has 2 aromatic carbocycles. The van der Waals surface area contributed by atoms with Gasteiger partial charge < -0.3 is 14.8 Å². The molecule has 0 amide bonds. The average molecular weight is 287 g/mol. The molecule has 0 atom stereocenters. The number of nitro benzene ring substituents is 1. The second kappa shape index (κ2) is 6.16. The van der Waals surface area contributed by atoms with E-state index >= 15 is 0 Å². The molecule has 0 aliphatic heterocycles. The third-order valence-corrected chi connectivity index (χ3v) is 2.64. The van der Waals surface area contributed by atoms with E-state index in [0.29, 0.717) is 0 Å². The Hall–Kier alpha value is -2.71. The van der Waals surface area contributed by atoms with E-state index in [9.17, 15) is 14.9 Å². The van der Waals surface area contributed by atoms with Crippen LogP contribution in [0.5, 0.6) is 5.75 Å². The normalized spacial score (nSPS) is 10.0. The van der Waals surface area contributed by atoms with Crippen LogP contribution in [0.3, 0.4) is 0 Å². The van der Waals surface area contributed by atoms with Crippen LogP contribution in [0.1, 0.15) is 10.4 Å². The summed E-state index contributed by atoms with van der Waals surface area (Å²) in [5.74, 6) is -0.549. The van der Waals surface area contributed by atoms with Crippen LogP contribution < -0.4 is 10.2 Å². The number of hydrogen-bond donors (Lipinski definition) is 2. The van der Waals surface area contributed by atoms with Crippen molar-refractivity contribution in [2.75, 3.05) is 0 Å². The quantitative estimate of drug-likeness (QED) is 0.278. The zero-order chi connectivity index (χ0) is 15.4. The van der Waals surface area contributed by atoms with Gasteiger partial charge in [-0.2, -0.15) is 0 Å². The number of nitrogens with zero attached hydrogens (tertiary/aromatic N) is 1. The summed E-state index contributed by atoms with van der Waals surface area (Å²) in [5, 5.41) is 29.0. The van der Waals surface area contributed by atoms with E-state index in [4.69, 9.17) is 14.8 Å². The maximum atomic E-state index is 12.0. The fourth-order valence-electron chi connectivity index (χ4n) is 1.66. The van der Waals surface area contributed by atoms with E-state index in [2.05, 4.69) is 0 Å². The highest BCUT2D eigenvalue weighted by Crippen LogP contribution is 2.15. The summed E-state index contributed by atoms with van der Waals surface area (Å²) in [7, 11) is -1.92. The smallest absolute Gasteiger partial charge is 0.423 e. The molecule has 0 spiro atoms. The lowest BCUT2D eigenvalue weighted by Crippen LogP contribution is -2.31. The molecule has 21 heavy (non-hydrogen) atoms. The molecule has 0 saturated carbocycles. The Morgan fingerprint density at radius 3 is 2.38 bits per heavy atom. The molecule has 106 valence electrons. The summed E-state index contributed by atoms with van der Waals surface area (Å²) in [6.45, 7) is 0. The number of ether oxygens (including phenoxy) is 1. The van der Waals surface area contributed by atoms with Gasteiger partial charge in [0.15, 0.2) is 0 Å². The van der Waals surface area contributed by atoms with E-state index in [-0.39, 0.29) is 16.8 Å². The lowest BCUT2D eigenvalue weighted by molar-refractivity contribution is -0.384. The molecule has 0 saturated heterocycles. The largest absolute Gasteiger partial charge is 0.488 e. The average Bonchev–Trinajstić information content (AvgIpc) is 2.47. The molecule has 0 fully saturated rings. The van der Waals surface area contributed by atoms with Gasteiger partial charge in [-0.05, 0) is 23.7 Å². The van der Waals surface area contributed by atoms with E-state index in [1.165, 1.54) is 0 Å². The summed E-state index contributed by atoms with van der Waals surface area (Å²) in [4.78, 5) is 22.0. The molecule has 0 heterocycles. The van der Waals surface area contributed by atoms with Crippen molar-refractivity contribution >= 4 is 24.2 Å². The molecular weight excluding hydrogens is 277 g/mol. The first-order valence-corrected chi connectivity index (χ1v) is 5.90. The predicted molar refractivity (Wildman–Crippen MR) is 74.3 cm³/mol. The van der Waals surface area contributed by atoms with Crippen molar-refractivity contribution in [2.45, 2.75) is 0 Å². The zero-order valence-corrected chi connectivity index (χ0v) is 10.7. The van der Waals surface area contributed by atoms with E-state index < -0.39 is 23.7 Å². The van der Waals surface area contributed by atoms with Crippen LogP contribution in [0, 0.1) is 10.1 Å².